The number of nitrogens with zero attached hydrogens (tertiary/aromatic N) is 1. The van der Waals surface area contributed by atoms with Gasteiger partial charge < -0.3 is 0 Å². The summed E-state index contributed by atoms with van der Waals surface area (Å²) in [5.74, 6) is 0. The fourth-order valence-corrected chi connectivity index (χ4v) is 4.38. The predicted molar refractivity (Wildman–Crippen MR) is 89.6 cm³/mol. The van der Waals surface area contributed by atoms with Crippen molar-refractivity contribution in [1.82, 2.24) is 4.67 Å². The molecule has 1 aliphatic rings. The second-order valence-corrected chi connectivity index (χ2v) is 7.53. The molecule has 3 heteroatoms. The SMILES string of the molecule is CN(C)Pc1cccc2c1CCc1ccccc1C2Cl. The van der Waals surface area contributed by atoms with Crippen LogP contribution in [0.5, 0.6) is 0 Å². The highest BCUT2D eigenvalue weighted by molar-refractivity contribution is 7.44. The van der Waals surface area contributed by atoms with Crippen molar-refractivity contribution in [3.63, 3.8) is 0 Å². The Balaban J connectivity index is 2.08. The molecule has 1 aliphatic carbocycles. The number of rotatable bonds is 2. The molecule has 20 heavy (non-hydrogen) atoms. The van der Waals surface area contributed by atoms with Gasteiger partial charge in [-0.15, -0.1) is 11.6 Å². The van der Waals surface area contributed by atoms with Gasteiger partial charge in [-0.25, -0.2) is 0 Å². The third-order valence-corrected chi connectivity index (χ3v) is 5.43. The number of hydrogen-bond acceptors (Lipinski definition) is 1. The Kier molecular flexibility index (Phi) is 4.12. The van der Waals surface area contributed by atoms with Crippen LogP contribution in [-0.2, 0) is 12.8 Å². The summed E-state index contributed by atoms with van der Waals surface area (Å²) in [6.45, 7) is 0. The molecule has 0 bridgehead atoms. The van der Waals surface area contributed by atoms with Crippen LogP contribution in [0.3, 0.4) is 0 Å². The molecule has 2 aromatic rings. The molecule has 1 nitrogen and oxygen atoms in total. The molecular formula is C17H19ClNP. The lowest BCUT2D eigenvalue weighted by Crippen LogP contribution is -2.13. The summed E-state index contributed by atoms with van der Waals surface area (Å²) >= 11 is 6.78. The first-order chi connectivity index (χ1) is 9.66. The largest absolute Gasteiger partial charge is 0.287 e. The third kappa shape index (κ3) is 2.63. The van der Waals surface area contributed by atoms with Crippen molar-refractivity contribution in [1.29, 1.82) is 0 Å². The van der Waals surface area contributed by atoms with Crippen LogP contribution in [-0.4, -0.2) is 18.8 Å². The van der Waals surface area contributed by atoms with Gasteiger partial charge in [-0.3, -0.25) is 4.67 Å². The van der Waals surface area contributed by atoms with Crippen molar-refractivity contribution >= 4 is 25.6 Å². The zero-order chi connectivity index (χ0) is 14.1. The molecule has 0 aromatic heterocycles. The van der Waals surface area contributed by atoms with Crippen molar-refractivity contribution in [2.24, 2.45) is 0 Å². The minimum absolute atomic E-state index is 0.0180. The van der Waals surface area contributed by atoms with Crippen molar-refractivity contribution in [3.05, 3.63) is 64.7 Å². The van der Waals surface area contributed by atoms with E-state index < -0.39 is 0 Å². The van der Waals surface area contributed by atoms with E-state index in [-0.39, 0.29) is 5.38 Å². The van der Waals surface area contributed by atoms with E-state index in [0.717, 1.165) is 12.8 Å². The number of hydrogen-bond donors (Lipinski definition) is 0. The topological polar surface area (TPSA) is 3.24 Å². The van der Waals surface area contributed by atoms with E-state index in [9.17, 15) is 0 Å². The Hall–Kier alpha value is -0.880. The fraction of sp³-hybridized carbons (Fsp3) is 0.294. The maximum absolute atomic E-state index is 6.78. The summed E-state index contributed by atoms with van der Waals surface area (Å²) in [6, 6.07) is 15.2. The van der Waals surface area contributed by atoms with E-state index in [0.29, 0.717) is 8.73 Å². The van der Waals surface area contributed by atoms with Gasteiger partial charge in [-0.1, -0.05) is 42.5 Å². The average Bonchev–Trinajstić information content (AvgIpc) is 2.58. The molecule has 2 unspecified atom stereocenters. The lowest BCUT2D eigenvalue weighted by Gasteiger charge is -2.18. The number of fused-ring (bicyclic) bond motifs is 2. The quantitative estimate of drug-likeness (QED) is 0.601. The first-order valence-electron chi connectivity index (χ1n) is 6.94. The maximum atomic E-state index is 6.78. The Morgan fingerprint density at radius 1 is 1.00 bits per heavy atom. The molecule has 0 saturated heterocycles. The first kappa shape index (κ1) is 14.1. The molecule has 104 valence electrons. The smallest absolute Gasteiger partial charge is 0.0840 e. The van der Waals surface area contributed by atoms with E-state index >= 15 is 0 Å². The van der Waals surface area contributed by atoms with Gasteiger partial charge in [0.25, 0.3) is 0 Å². The van der Waals surface area contributed by atoms with Gasteiger partial charge in [0.2, 0.25) is 0 Å². The monoisotopic (exact) mass is 303 g/mol. The molecule has 2 aromatic carbocycles. The summed E-state index contributed by atoms with van der Waals surface area (Å²) in [4.78, 5) is 0. The molecule has 0 heterocycles. The van der Waals surface area contributed by atoms with Crippen LogP contribution in [0.2, 0.25) is 0 Å². The Bertz CT molecular complexity index is 624. The summed E-state index contributed by atoms with van der Waals surface area (Å²) in [5, 5.41) is 1.42. The van der Waals surface area contributed by atoms with Gasteiger partial charge in [0, 0.05) is 0 Å². The van der Waals surface area contributed by atoms with Crippen LogP contribution in [0.1, 0.15) is 27.6 Å². The van der Waals surface area contributed by atoms with Gasteiger partial charge in [-0.2, -0.15) is 0 Å². The van der Waals surface area contributed by atoms with Crippen molar-refractivity contribution in [2.45, 2.75) is 18.2 Å². The van der Waals surface area contributed by atoms with Gasteiger partial charge in [0.05, 0.1) is 5.38 Å². The molecule has 0 fully saturated rings. The van der Waals surface area contributed by atoms with Crippen LogP contribution < -0.4 is 5.30 Å². The lowest BCUT2D eigenvalue weighted by molar-refractivity contribution is 0.696. The molecule has 0 radical (unpaired) electrons. The number of alkyl halides is 1. The molecule has 0 spiro atoms. The molecule has 0 saturated carbocycles. The number of halogens is 1. The molecule has 0 N–H and O–H groups in total. The molecule has 0 amide bonds. The van der Waals surface area contributed by atoms with Gasteiger partial charge in [-0.05, 0) is 63.2 Å². The van der Waals surface area contributed by atoms with E-state index in [1.54, 1.807) is 0 Å². The van der Waals surface area contributed by atoms with Crippen LogP contribution in [0, 0.1) is 0 Å². The Morgan fingerprint density at radius 3 is 2.55 bits per heavy atom. The van der Waals surface area contributed by atoms with Crippen LogP contribution in [0.4, 0.5) is 0 Å². The standard InChI is InChI=1S/C17H19ClNP/c1-19(2)20-16-9-5-8-15-14(16)11-10-12-6-3-4-7-13(12)17(15)18/h3-9,17,20H,10-11H2,1-2H3. The predicted octanol–water partition coefficient (Wildman–Crippen LogP) is 3.89. The summed E-state index contributed by atoms with van der Waals surface area (Å²) < 4.78 is 2.25. The van der Waals surface area contributed by atoms with Crippen LogP contribution >= 0.6 is 20.3 Å². The Labute approximate surface area is 127 Å². The van der Waals surface area contributed by atoms with E-state index in [1.807, 2.05) is 0 Å². The first-order valence-corrected chi connectivity index (χ1v) is 8.33. The highest BCUT2D eigenvalue weighted by Gasteiger charge is 2.23. The zero-order valence-corrected chi connectivity index (χ0v) is 13.6. The van der Waals surface area contributed by atoms with E-state index in [1.165, 1.54) is 27.6 Å². The highest BCUT2D eigenvalue weighted by atomic mass is 35.5. The number of benzene rings is 2. The van der Waals surface area contributed by atoms with Gasteiger partial charge in [0.1, 0.15) is 0 Å². The summed E-state index contributed by atoms with van der Waals surface area (Å²) in [6.07, 6.45) is 2.17. The van der Waals surface area contributed by atoms with Crippen molar-refractivity contribution in [2.75, 3.05) is 14.1 Å². The molecule has 3 rings (SSSR count). The van der Waals surface area contributed by atoms with E-state index in [2.05, 4.69) is 61.2 Å². The number of aryl methyl sites for hydroxylation is 1. The average molecular weight is 304 g/mol. The fourth-order valence-electron chi connectivity index (χ4n) is 2.90. The second kappa shape index (κ2) is 5.85. The highest BCUT2D eigenvalue weighted by Crippen LogP contribution is 2.37. The lowest BCUT2D eigenvalue weighted by atomic mass is 10.00. The normalized spacial score (nSPS) is 18.1. The second-order valence-electron chi connectivity index (χ2n) is 5.44. The zero-order valence-electron chi connectivity index (χ0n) is 11.9. The van der Waals surface area contributed by atoms with Gasteiger partial charge in [0.15, 0.2) is 0 Å². The van der Waals surface area contributed by atoms with Crippen LogP contribution in [0.25, 0.3) is 0 Å². The third-order valence-electron chi connectivity index (χ3n) is 3.80. The summed E-state index contributed by atoms with van der Waals surface area (Å²) in [5.41, 5.74) is 5.42. The minimum Gasteiger partial charge on any atom is -0.287 e. The maximum Gasteiger partial charge on any atom is 0.0840 e. The molecule has 2 atom stereocenters. The van der Waals surface area contributed by atoms with Gasteiger partial charge >= 0.3 is 0 Å². The minimum atomic E-state index is -0.0180. The molecule has 0 aliphatic heterocycles. The molecular weight excluding hydrogens is 285 g/mol. The Morgan fingerprint density at radius 2 is 1.75 bits per heavy atom. The summed E-state index contributed by atoms with van der Waals surface area (Å²) in [7, 11) is 4.96. The van der Waals surface area contributed by atoms with E-state index in [4.69, 9.17) is 11.6 Å². The van der Waals surface area contributed by atoms with Crippen molar-refractivity contribution in [3.8, 4) is 0 Å². The van der Waals surface area contributed by atoms with Crippen molar-refractivity contribution < 1.29 is 0 Å². The van der Waals surface area contributed by atoms with Crippen LogP contribution in [0.15, 0.2) is 42.5 Å².